The molecule has 4 unspecified atom stereocenters. The second kappa shape index (κ2) is 6.43. The summed E-state index contributed by atoms with van der Waals surface area (Å²) in [6.45, 7) is 3.04. The second-order valence-electron chi connectivity index (χ2n) is 6.88. The molecule has 1 nitrogen and oxygen atoms in total. The fourth-order valence-corrected chi connectivity index (χ4v) is 4.51. The van der Waals surface area contributed by atoms with E-state index in [0.717, 1.165) is 36.3 Å². The van der Waals surface area contributed by atoms with Crippen molar-refractivity contribution in [2.24, 2.45) is 17.8 Å². The highest BCUT2D eigenvalue weighted by Crippen LogP contribution is 2.50. The zero-order valence-corrected chi connectivity index (χ0v) is 12.7. The van der Waals surface area contributed by atoms with E-state index >= 15 is 0 Å². The minimum absolute atomic E-state index is 0.379. The van der Waals surface area contributed by atoms with Crippen molar-refractivity contribution in [1.82, 2.24) is 5.32 Å². The topological polar surface area (TPSA) is 12.0 Å². The van der Waals surface area contributed by atoms with Gasteiger partial charge in [0.15, 0.2) is 11.6 Å². The molecule has 116 valence electrons. The molecule has 2 bridgehead atoms. The molecule has 0 aliphatic heterocycles. The van der Waals surface area contributed by atoms with Crippen molar-refractivity contribution in [3.63, 3.8) is 0 Å². The molecule has 0 radical (unpaired) electrons. The summed E-state index contributed by atoms with van der Waals surface area (Å²) in [5.41, 5.74) is 0.892. The van der Waals surface area contributed by atoms with Gasteiger partial charge in [0.25, 0.3) is 0 Å². The number of likely N-dealkylation sites (N-methyl/N-ethyl adjacent to an activating group) is 1. The molecule has 21 heavy (non-hydrogen) atoms. The molecule has 2 aliphatic rings. The Balaban J connectivity index is 1.62. The average Bonchev–Trinajstić information content (AvgIpc) is 3.05. The van der Waals surface area contributed by atoms with Gasteiger partial charge in [0.1, 0.15) is 0 Å². The van der Waals surface area contributed by atoms with E-state index in [9.17, 15) is 8.78 Å². The van der Waals surface area contributed by atoms with Crippen LogP contribution in [-0.2, 0) is 6.42 Å². The summed E-state index contributed by atoms with van der Waals surface area (Å²) in [6.07, 6.45) is 7.60. The first kappa shape index (κ1) is 15.0. The molecule has 1 N–H and O–H groups in total. The van der Waals surface area contributed by atoms with Crippen molar-refractivity contribution in [3.8, 4) is 0 Å². The Morgan fingerprint density at radius 1 is 1.19 bits per heavy atom. The molecule has 0 saturated heterocycles. The van der Waals surface area contributed by atoms with Crippen LogP contribution < -0.4 is 5.32 Å². The van der Waals surface area contributed by atoms with Crippen LogP contribution in [0.3, 0.4) is 0 Å². The van der Waals surface area contributed by atoms with Gasteiger partial charge < -0.3 is 5.32 Å². The van der Waals surface area contributed by atoms with E-state index in [1.165, 1.54) is 44.2 Å². The Labute approximate surface area is 126 Å². The summed E-state index contributed by atoms with van der Waals surface area (Å²) in [7, 11) is 0. The molecule has 2 aliphatic carbocycles. The van der Waals surface area contributed by atoms with E-state index in [1.54, 1.807) is 6.07 Å². The Kier molecular flexibility index (Phi) is 4.58. The Morgan fingerprint density at radius 3 is 2.67 bits per heavy atom. The minimum atomic E-state index is -0.758. The molecule has 0 aromatic heterocycles. The smallest absolute Gasteiger partial charge is 0.159 e. The SMILES string of the molecule is CCNC(Cc1ccc(F)c(F)c1)CC1CC2CCC1C2. The van der Waals surface area contributed by atoms with E-state index < -0.39 is 11.6 Å². The van der Waals surface area contributed by atoms with E-state index in [1.807, 2.05) is 0 Å². The summed E-state index contributed by atoms with van der Waals surface area (Å²) in [4.78, 5) is 0. The number of fused-ring (bicyclic) bond motifs is 2. The van der Waals surface area contributed by atoms with Crippen molar-refractivity contribution in [3.05, 3.63) is 35.4 Å². The van der Waals surface area contributed by atoms with Gasteiger partial charge in [-0.3, -0.25) is 0 Å². The van der Waals surface area contributed by atoms with Crippen LogP contribution in [0.4, 0.5) is 8.78 Å². The van der Waals surface area contributed by atoms with Crippen LogP contribution in [-0.4, -0.2) is 12.6 Å². The first-order valence-corrected chi connectivity index (χ1v) is 8.33. The van der Waals surface area contributed by atoms with E-state index in [2.05, 4.69) is 12.2 Å². The third-order valence-electron chi connectivity index (χ3n) is 5.43. The molecular weight excluding hydrogens is 268 g/mol. The molecule has 2 saturated carbocycles. The van der Waals surface area contributed by atoms with Gasteiger partial charge in [-0.2, -0.15) is 0 Å². The number of halogens is 2. The lowest BCUT2D eigenvalue weighted by molar-refractivity contribution is 0.278. The molecule has 3 rings (SSSR count). The van der Waals surface area contributed by atoms with Crippen LogP contribution in [0.15, 0.2) is 18.2 Å². The Morgan fingerprint density at radius 2 is 2.05 bits per heavy atom. The van der Waals surface area contributed by atoms with Gasteiger partial charge in [-0.25, -0.2) is 8.78 Å². The molecule has 3 heteroatoms. The lowest BCUT2D eigenvalue weighted by Crippen LogP contribution is -2.34. The van der Waals surface area contributed by atoms with Crippen molar-refractivity contribution in [1.29, 1.82) is 0 Å². The Hall–Kier alpha value is -0.960. The van der Waals surface area contributed by atoms with Gasteiger partial charge in [-0.15, -0.1) is 0 Å². The predicted molar refractivity (Wildman–Crippen MR) is 81.1 cm³/mol. The van der Waals surface area contributed by atoms with Crippen molar-refractivity contribution >= 4 is 0 Å². The fourth-order valence-electron chi connectivity index (χ4n) is 4.51. The van der Waals surface area contributed by atoms with E-state index in [0.29, 0.717) is 6.04 Å². The molecule has 0 amide bonds. The maximum atomic E-state index is 13.3. The zero-order chi connectivity index (χ0) is 14.8. The molecule has 0 spiro atoms. The highest BCUT2D eigenvalue weighted by atomic mass is 19.2. The van der Waals surface area contributed by atoms with E-state index in [-0.39, 0.29) is 0 Å². The van der Waals surface area contributed by atoms with Gasteiger partial charge in [0, 0.05) is 6.04 Å². The molecule has 1 aromatic rings. The summed E-state index contributed by atoms with van der Waals surface area (Å²) in [5, 5.41) is 3.54. The first-order valence-electron chi connectivity index (χ1n) is 8.33. The molecule has 4 atom stereocenters. The number of hydrogen-bond donors (Lipinski definition) is 1. The lowest BCUT2D eigenvalue weighted by Gasteiger charge is -2.27. The van der Waals surface area contributed by atoms with Gasteiger partial charge >= 0.3 is 0 Å². The number of rotatable bonds is 6. The fraction of sp³-hybridized carbons (Fsp3) is 0.667. The monoisotopic (exact) mass is 293 g/mol. The normalized spacial score (nSPS) is 29.0. The van der Waals surface area contributed by atoms with Gasteiger partial charge in [0.2, 0.25) is 0 Å². The lowest BCUT2D eigenvalue weighted by atomic mass is 9.83. The van der Waals surface area contributed by atoms with Crippen LogP contribution in [0, 0.1) is 29.4 Å². The van der Waals surface area contributed by atoms with Crippen molar-refractivity contribution in [2.45, 2.75) is 51.5 Å². The molecule has 0 heterocycles. The maximum Gasteiger partial charge on any atom is 0.159 e. The van der Waals surface area contributed by atoms with Crippen LogP contribution in [0.1, 0.15) is 44.6 Å². The maximum absolute atomic E-state index is 13.3. The third kappa shape index (κ3) is 3.45. The van der Waals surface area contributed by atoms with Crippen LogP contribution in [0.2, 0.25) is 0 Å². The largest absolute Gasteiger partial charge is 0.314 e. The third-order valence-corrected chi connectivity index (χ3v) is 5.43. The quantitative estimate of drug-likeness (QED) is 0.824. The predicted octanol–water partition coefficient (Wildman–Crippen LogP) is 4.31. The highest BCUT2D eigenvalue weighted by molar-refractivity contribution is 5.19. The van der Waals surface area contributed by atoms with E-state index in [4.69, 9.17) is 0 Å². The standard InChI is InChI=1S/C18H25F2N/c1-2-21-16(9-13-4-6-17(19)18(20)10-13)11-15-8-12-3-5-14(15)7-12/h4,6,10,12,14-16,21H,2-3,5,7-9,11H2,1H3. The number of hydrogen-bond acceptors (Lipinski definition) is 1. The summed E-state index contributed by atoms with van der Waals surface area (Å²) < 4.78 is 26.4. The molecular formula is C18H25F2N. The summed E-state index contributed by atoms with van der Waals surface area (Å²) in [6, 6.07) is 4.68. The minimum Gasteiger partial charge on any atom is -0.314 e. The second-order valence-corrected chi connectivity index (χ2v) is 6.88. The van der Waals surface area contributed by atoms with Crippen LogP contribution >= 0.6 is 0 Å². The number of benzene rings is 1. The zero-order valence-electron chi connectivity index (χ0n) is 12.7. The average molecular weight is 293 g/mol. The summed E-state index contributed by atoms with van der Waals surface area (Å²) >= 11 is 0. The first-order chi connectivity index (χ1) is 10.2. The van der Waals surface area contributed by atoms with Gasteiger partial charge in [-0.1, -0.05) is 19.4 Å². The summed E-state index contributed by atoms with van der Waals surface area (Å²) in [5.74, 6) is 1.22. The van der Waals surface area contributed by atoms with Crippen LogP contribution in [0.25, 0.3) is 0 Å². The van der Waals surface area contributed by atoms with Crippen molar-refractivity contribution in [2.75, 3.05) is 6.54 Å². The molecule has 1 aromatic carbocycles. The van der Waals surface area contributed by atoms with Crippen LogP contribution in [0.5, 0.6) is 0 Å². The molecule has 2 fully saturated rings. The Bertz CT molecular complexity index is 488. The van der Waals surface area contributed by atoms with Gasteiger partial charge in [-0.05, 0) is 74.1 Å². The highest BCUT2D eigenvalue weighted by Gasteiger charge is 2.39. The van der Waals surface area contributed by atoms with Gasteiger partial charge in [0.05, 0.1) is 0 Å². The number of nitrogens with one attached hydrogen (secondary N) is 1. The van der Waals surface area contributed by atoms with Crippen molar-refractivity contribution < 1.29 is 8.78 Å².